The number of furan rings is 1. The molecule has 0 unspecified atom stereocenters. The fourth-order valence-corrected chi connectivity index (χ4v) is 1.53. The van der Waals surface area contributed by atoms with Crippen molar-refractivity contribution in [3.05, 3.63) is 35.8 Å². The van der Waals surface area contributed by atoms with Gasteiger partial charge in [0.2, 0.25) is 0 Å². The molecule has 1 N–H and O–H groups in total. The number of carbonyl (C=O) groups excluding carboxylic acids is 1. The van der Waals surface area contributed by atoms with E-state index in [1.807, 2.05) is 0 Å². The molecule has 3 nitrogen and oxygen atoms in total. The number of hydrogen-bond donors (Lipinski definition) is 1. The molecule has 0 bridgehead atoms. The standard InChI is InChI=1S/C12H12FNO2/c1-7(14-2)12(15)8-3-4-11-9(5-8)10(13)6-16-11/h3-7,14H,1-2H3/t7-/m1/s1. The maximum absolute atomic E-state index is 13.3. The minimum Gasteiger partial charge on any atom is -0.461 e. The van der Waals surface area contributed by atoms with Crippen LogP contribution >= 0.6 is 0 Å². The van der Waals surface area contributed by atoms with E-state index in [1.165, 1.54) is 6.07 Å². The van der Waals surface area contributed by atoms with Gasteiger partial charge in [-0.05, 0) is 32.2 Å². The van der Waals surface area contributed by atoms with Crippen LogP contribution in [0.3, 0.4) is 0 Å². The highest BCUT2D eigenvalue weighted by molar-refractivity contribution is 6.02. The van der Waals surface area contributed by atoms with Crippen molar-refractivity contribution >= 4 is 16.8 Å². The molecule has 16 heavy (non-hydrogen) atoms. The van der Waals surface area contributed by atoms with Crippen LogP contribution in [0, 0.1) is 5.82 Å². The Kier molecular flexibility index (Phi) is 2.75. The Bertz CT molecular complexity index is 533. The third-order valence-electron chi connectivity index (χ3n) is 2.64. The molecule has 0 spiro atoms. The maximum atomic E-state index is 13.3. The molecule has 1 aromatic heterocycles. The number of nitrogens with one attached hydrogen (secondary N) is 1. The lowest BCUT2D eigenvalue weighted by Crippen LogP contribution is -2.30. The second-order valence-electron chi connectivity index (χ2n) is 3.67. The second-order valence-corrected chi connectivity index (χ2v) is 3.67. The molecule has 1 heterocycles. The summed E-state index contributed by atoms with van der Waals surface area (Å²) in [6, 6.07) is 4.48. The normalized spacial score (nSPS) is 12.9. The van der Waals surface area contributed by atoms with E-state index in [4.69, 9.17) is 4.42 Å². The van der Waals surface area contributed by atoms with E-state index in [0.717, 1.165) is 6.26 Å². The van der Waals surface area contributed by atoms with Crippen LogP contribution in [0.5, 0.6) is 0 Å². The summed E-state index contributed by atoms with van der Waals surface area (Å²) in [5.41, 5.74) is 0.931. The van der Waals surface area contributed by atoms with Gasteiger partial charge in [0, 0.05) is 5.56 Å². The molecule has 0 fully saturated rings. The Morgan fingerprint density at radius 2 is 2.25 bits per heavy atom. The molecule has 0 aliphatic carbocycles. The first-order valence-electron chi connectivity index (χ1n) is 5.01. The zero-order chi connectivity index (χ0) is 11.7. The van der Waals surface area contributed by atoms with Gasteiger partial charge >= 0.3 is 0 Å². The minimum atomic E-state index is -0.443. The van der Waals surface area contributed by atoms with Crippen LogP contribution < -0.4 is 5.32 Å². The number of hydrogen-bond acceptors (Lipinski definition) is 3. The largest absolute Gasteiger partial charge is 0.461 e. The van der Waals surface area contributed by atoms with Crippen molar-refractivity contribution in [2.45, 2.75) is 13.0 Å². The molecule has 2 aromatic rings. The molecular weight excluding hydrogens is 209 g/mol. The number of benzene rings is 1. The molecule has 0 amide bonds. The maximum Gasteiger partial charge on any atom is 0.179 e. The topological polar surface area (TPSA) is 42.2 Å². The van der Waals surface area contributed by atoms with Crippen LogP contribution in [-0.2, 0) is 0 Å². The molecule has 0 aliphatic heterocycles. The predicted octanol–water partition coefficient (Wildman–Crippen LogP) is 2.36. The van der Waals surface area contributed by atoms with Gasteiger partial charge in [0.05, 0.1) is 11.4 Å². The van der Waals surface area contributed by atoms with Gasteiger partial charge in [-0.15, -0.1) is 0 Å². The van der Waals surface area contributed by atoms with E-state index < -0.39 is 5.82 Å². The van der Waals surface area contributed by atoms with Crippen LogP contribution in [0.4, 0.5) is 4.39 Å². The van der Waals surface area contributed by atoms with Gasteiger partial charge in [-0.2, -0.15) is 0 Å². The van der Waals surface area contributed by atoms with Crippen LogP contribution in [0.1, 0.15) is 17.3 Å². The van der Waals surface area contributed by atoms with E-state index in [2.05, 4.69) is 5.32 Å². The lowest BCUT2D eigenvalue weighted by atomic mass is 10.0. The summed E-state index contributed by atoms with van der Waals surface area (Å²) in [5.74, 6) is -0.508. The molecule has 0 radical (unpaired) electrons. The van der Waals surface area contributed by atoms with Crippen LogP contribution in [-0.4, -0.2) is 18.9 Å². The monoisotopic (exact) mass is 221 g/mol. The molecule has 2 rings (SSSR count). The molecule has 84 valence electrons. The molecular formula is C12H12FNO2. The van der Waals surface area contributed by atoms with Crippen molar-refractivity contribution in [1.82, 2.24) is 5.32 Å². The molecule has 1 atom stereocenters. The van der Waals surface area contributed by atoms with E-state index in [1.54, 1.807) is 26.1 Å². The number of carbonyl (C=O) groups is 1. The zero-order valence-electron chi connectivity index (χ0n) is 9.08. The Balaban J connectivity index is 2.46. The average Bonchev–Trinajstić information content (AvgIpc) is 2.68. The second kappa shape index (κ2) is 4.06. The first-order chi connectivity index (χ1) is 7.63. The highest BCUT2D eigenvalue weighted by Crippen LogP contribution is 2.21. The summed E-state index contributed by atoms with van der Waals surface area (Å²) in [6.45, 7) is 1.76. The highest BCUT2D eigenvalue weighted by atomic mass is 19.1. The van der Waals surface area contributed by atoms with Gasteiger partial charge in [-0.1, -0.05) is 0 Å². The lowest BCUT2D eigenvalue weighted by Gasteiger charge is -2.08. The third kappa shape index (κ3) is 1.72. The van der Waals surface area contributed by atoms with Crippen LogP contribution in [0.15, 0.2) is 28.9 Å². The zero-order valence-corrected chi connectivity index (χ0v) is 9.08. The first kappa shape index (κ1) is 10.8. The molecule has 0 saturated carbocycles. The summed E-state index contributed by atoms with van der Waals surface area (Å²) in [4.78, 5) is 11.8. The Labute approximate surface area is 92.2 Å². The van der Waals surface area contributed by atoms with E-state index in [9.17, 15) is 9.18 Å². The number of likely N-dealkylation sites (N-methyl/N-ethyl adjacent to an activating group) is 1. The Hall–Kier alpha value is -1.68. The highest BCUT2D eigenvalue weighted by Gasteiger charge is 2.15. The summed E-state index contributed by atoms with van der Waals surface area (Å²) in [6.07, 6.45) is 1.04. The first-order valence-corrected chi connectivity index (χ1v) is 5.01. The molecule has 0 saturated heterocycles. The van der Waals surface area contributed by atoms with Crippen molar-refractivity contribution in [2.24, 2.45) is 0 Å². The van der Waals surface area contributed by atoms with Crippen molar-refractivity contribution in [1.29, 1.82) is 0 Å². The van der Waals surface area contributed by atoms with Gasteiger partial charge in [-0.3, -0.25) is 4.79 Å². The number of Topliss-reactive ketones (excluding diaryl/α,β-unsaturated/α-hetero) is 1. The number of rotatable bonds is 3. The SMILES string of the molecule is CN[C@H](C)C(=O)c1ccc2occ(F)c2c1. The minimum absolute atomic E-state index is 0.0648. The number of ketones is 1. The molecule has 1 aromatic carbocycles. The number of halogens is 1. The fraction of sp³-hybridized carbons (Fsp3) is 0.250. The van der Waals surface area contributed by atoms with Crippen molar-refractivity contribution in [3.8, 4) is 0 Å². The molecule has 0 aliphatic rings. The van der Waals surface area contributed by atoms with Gasteiger partial charge in [0.25, 0.3) is 0 Å². The summed E-state index contributed by atoms with van der Waals surface area (Å²) in [7, 11) is 1.71. The lowest BCUT2D eigenvalue weighted by molar-refractivity contribution is 0.0955. The van der Waals surface area contributed by atoms with Crippen molar-refractivity contribution in [2.75, 3.05) is 7.05 Å². The van der Waals surface area contributed by atoms with Crippen molar-refractivity contribution < 1.29 is 13.6 Å². The fourth-order valence-electron chi connectivity index (χ4n) is 1.53. The summed E-state index contributed by atoms with van der Waals surface area (Å²) in [5, 5.41) is 3.19. The average molecular weight is 221 g/mol. The van der Waals surface area contributed by atoms with E-state index >= 15 is 0 Å². The molecule has 4 heteroatoms. The van der Waals surface area contributed by atoms with E-state index in [-0.39, 0.29) is 11.8 Å². The van der Waals surface area contributed by atoms with Gasteiger partial charge in [0.1, 0.15) is 11.8 Å². The third-order valence-corrected chi connectivity index (χ3v) is 2.64. The van der Waals surface area contributed by atoms with Crippen LogP contribution in [0.2, 0.25) is 0 Å². The number of fused-ring (bicyclic) bond motifs is 1. The van der Waals surface area contributed by atoms with Gasteiger partial charge in [0.15, 0.2) is 11.6 Å². The summed E-state index contributed by atoms with van der Waals surface area (Å²) < 4.78 is 18.2. The summed E-state index contributed by atoms with van der Waals surface area (Å²) >= 11 is 0. The predicted molar refractivity (Wildman–Crippen MR) is 59.0 cm³/mol. The van der Waals surface area contributed by atoms with Gasteiger partial charge < -0.3 is 9.73 Å². The smallest absolute Gasteiger partial charge is 0.179 e. The quantitative estimate of drug-likeness (QED) is 0.809. The Morgan fingerprint density at radius 3 is 2.94 bits per heavy atom. The van der Waals surface area contributed by atoms with E-state index in [0.29, 0.717) is 16.5 Å². The van der Waals surface area contributed by atoms with Gasteiger partial charge in [-0.25, -0.2) is 4.39 Å². The van der Waals surface area contributed by atoms with Crippen molar-refractivity contribution in [3.63, 3.8) is 0 Å². The Morgan fingerprint density at radius 1 is 1.50 bits per heavy atom. The van der Waals surface area contributed by atoms with Crippen LogP contribution in [0.25, 0.3) is 11.0 Å².